The Morgan fingerprint density at radius 1 is 1.11 bits per heavy atom. The summed E-state index contributed by atoms with van der Waals surface area (Å²) in [7, 11) is 6.27. The molecule has 0 bridgehead atoms. The topological polar surface area (TPSA) is 88.9 Å². The lowest BCUT2D eigenvalue weighted by molar-refractivity contribution is 0.355. The highest BCUT2D eigenvalue weighted by atomic mass is 32.1. The summed E-state index contributed by atoms with van der Waals surface area (Å²) in [5, 5.41) is 7.76. The zero-order chi connectivity index (χ0) is 20.3. The van der Waals surface area contributed by atoms with Crippen molar-refractivity contribution in [2.45, 2.75) is 0 Å². The fourth-order valence-electron chi connectivity index (χ4n) is 2.51. The van der Waals surface area contributed by atoms with Gasteiger partial charge in [0.05, 0.1) is 20.4 Å². The second-order valence-electron chi connectivity index (χ2n) is 5.93. The summed E-state index contributed by atoms with van der Waals surface area (Å²) >= 11 is 1.53. The third kappa shape index (κ3) is 3.99. The highest BCUT2D eigenvalue weighted by molar-refractivity contribution is 7.12. The maximum absolute atomic E-state index is 11.7. The maximum Gasteiger partial charge on any atom is 0.329 e. The Morgan fingerprint density at radius 2 is 1.86 bits per heavy atom. The predicted molar refractivity (Wildman–Crippen MR) is 111 cm³/mol. The van der Waals surface area contributed by atoms with E-state index >= 15 is 0 Å². The van der Waals surface area contributed by atoms with E-state index < -0.39 is 11.2 Å². The summed E-state index contributed by atoms with van der Waals surface area (Å²) in [6, 6.07) is 9.05. The Bertz CT molecular complexity index is 1100. The molecule has 0 atom stereocenters. The quantitative estimate of drug-likeness (QED) is 0.507. The van der Waals surface area contributed by atoms with E-state index in [0.29, 0.717) is 17.3 Å². The Labute approximate surface area is 165 Å². The first-order valence-corrected chi connectivity index (χ1v) is 9.20. The van der Waals surface area contributed by atoms with Crippen LogP contribution >= 0.6 is 11.3 Å². The van der Waals surface area contributed by atoms with E-state index in [-0.39, 0.29) is 0 Å². The van der Waals surface area contributed by atoms with Crippen LogP contribution in [0.4, 0.5) is 5.82 Å². The van der Waals surface area contributed by atoms with Crippen LogP contribution in [0.5, 0.6) is 11.5 Å². The van der Waals surface area contributed by atoms with Gasteiger partial charge in [0.2, 0.25) is 0 Å². The van der Waals surface area contributed by atoms with Crippen LogP contribution in [-0.4, -0.2) is 37.0 Å². The number of nitrogens with zero attached hydrogens (tertiary/aromatic N) is 3. The van der Waals surface area contributed by atoms with Crippen LogP contribution < -0.4 is 25.7 Å². The van der Waals surface area contributed by atoms with Crippen molar-refractivity contribution in [2.75, 3.05) is 26.3 Å². The van der Waals surface area contributed by atoms with Gasteiger partial charge in [0, 0.05) is 25.0 Å². The van der Waals surface area contributed by atoms with Crippen LogP contribution in [0.2, 0.25) is 0 Å². The highest BCUT2D eigenvalue weighted by Gasteiger charge is 2.08. The molecular formula is C19H20N4O4S. The first-order valence-electron chi connectivity index (χ1n) is 8.32. The SMILES string of the molecule is COc1ccc(-c2csc(/C=N/N(C)c3cc(=O)n(C)c(=O)[nH]3)c2)cc1OC. The molecule has 146 valence electrons. The molecule has 0 unspecified atom stereocenters. The minimum atomic E-state index is -0.489. The Morgan fingerprint density at radius 3 is 2.54 bits per heavy atom. The van der Waals surface area contributed by atoms with Gasteiger partial charge < -0.3 is 9.47 Å². The van der Waals surface area contributed by atoms with Crippen molar-refractivity contribution in [3.8, 4) is 22.6 Å². The Balaban J connectivity index is 1.81. The van der Waals surface area contributed by atoms with Gasteiger partial charge in [0.15, 0.2) is 11.5 Å². The monoisotopic (exact) mass is 400 g/mol. The number of hydrogen-bond donors (Lipinski definition) is 1. The second-order valence-corrected chi connectivity index (χ2v) is 6.88. The predicted octanol–water partition coefficient (Wildman–Crippen LogP) is 2.29. The summed E-state index contributed by atoms with van der Waals surface area (Å²) < 4.78 is 11.6. The average molecular weight is 400 g/mol. The van der Waals surface area contributed by atoms with E-state index in [0.717, 1.165) is 20.6 Å². The zero-order valence-electron chi connectivity index (χ0n) is 15.9. The number of rotatable bonds is 6. The Kier molecular flexibility index (Phi) is 5.65. The van der Waals surface area contributed by atoms with Gasteiger partial charge in [-0.25, -0.2) is 4.79 Å². The normalized spacial score (nSPS) is 11.0. The number of anilines is 1. The molecule has 0 aliphatic carbocycles. The van der Waals surface area contributed by atoms with E-state index in [2.05, 4.69) is 10.1 Å². The number of benzene rings is 1. The molecule has 8 nitrogen and oxygen atoms in total. The number of thiophene rings is 1. The van der Waals surface area contributed by atoms with Gasteiger partial charge in [-0.15, -0.1) is 11.3 Å². The van der Waals surface area contributed by atoms with Crippen molar-refractivity contribution in [3.63, 3.8) is 0 Å². The lowest BCUT2D eigenvalue weighted by atomic mass is 10.1. The van der Waals surface area contributed by atoms with E-state index in [9.17, 15) is 9.59 Å². The van der Waals surface area contributed by atoms with Gasteiger partial charge in [0.25, 0.3) is 5.56 Å². The number of aromatic nitrogens is 2. The van der Waals surface area contributed by atoms with Crippen LogP contribution in [0.25, 0.3) is 11.1 Å². The molecular weight excluding hydrogens is 380 g/mol. The first-order chi connectivity index (χ1) is 13.4. The van der Waals surface area contributed by atoms with Gasteiger partial charge in [-0.1, -0.05) is 6.07 Å². The minimum Gasteiger partial charge on any atom is -0.493 e. The molecule has 0 aliphatic heterocycles. The van der Waals surface area contributed by atoms with Crippen LogP contribution in [0.15, 0.2) is 50.4 Å². The minimum absolute atomic E-state index is 0.320. The van der Waals surface area contributed by atoms with Crippen molar-refractivity contribution in [1.29, 1.82) is 0 Å². The van der Waals surface area contributed by atoms with Crippen molar-refractivity contribution in [2.24, 2.45) is 12.1 Å². The summed E-state index contributed by atoms with van der Waals surface area (Å²) in [6.07, 6.45) is 1.67. The fraction of sp³-hybridized carbons (Fsp3) is 0.211. The number of H-pyrrole nitrogens is 1. The van der Waals surface area contributed by atoms with Gasteiger partial charge in [-0.2, -0.15) is 5.10 Å². The number of nitrogens with one attached hydrogen (secondary N) is 1. The molecule has 3 aromatic rings. The van der Waals surface area contributed by atoms with Gasteiger partial charge >= 0.3 is 5.69 Å². The lowest BCUT2D eigenvalue weighted by Gasteiger charge is -2.11. The van der Waals surface area contributed by atoms with E-state index in [4.69, 9.17) is 9.47 Å². The molecule has 0 fully saturated rings. The molecule has 1 N–H and O–H groups in total. The number of hydrogen-bond acceptors (Lipinski definition) is 7. The molecule has 0 aliphatic rings. The highest BCUT2D eigenvalue weighted by Crippen LogP contribution is 2.33. The van der Waals surface area contributed by atoms with E-state index in [1.165, 1.54) is 29.5 Å². The van der Waals surface area contributed by atoms with Gasteiger partial charge in [0.1, 0.15) is 5.82 Å². The smallest absolute Gasteiger partial charge is 0.329 e. The second kappa shape index (κ2) is 8.13. The van der Waals surface area contributed by atoms with E-state index in [1.54, 1.807) is 27.5 Å². The van der Waals surface area contributed by atoms with Crippen LogP contribution in [-0.2, 0) is 7.05 Å². The number of ether oxygens (including phenoxy) is 2. The summed E-state index contributed by atoms with van der Waals surface area (Å²) in [6.45, 7) is 0. The van der Waals surface area contributed by atoms with Crippen molar-refractivity contribution < 1.29 is 9.47 Å². The van der Waals surface area contributed by atoms with Crippen molar-refractivity contribution >= 4 is 23.4 Å². The first kappa shape index (κ1) is 19.4. The maximum atomic E-state index is 11.7. The molecule has 1 aromatic carbocycles. The molecule has 0 amide bonds. The zero-order valence-corrected chi connectivity index (χ0v) is 16.7. The molecule has 2 aromatic heterocycles. The number of aromatic amines is 1. The summed E-state index contributed by atoms with van der Waals surface area (Å²) in [4.78, 5) is 27.0. The third-order valence-electron chi connectivity index (χ3n) is 4.17. The van der Waals surface area contributed by atoms with Crippen molar-refractivity contribution in [3.05, 3.63) is 61.4 Å². The molecule has 2 heterocycles. The third-order valence-corrected chi connectivity index (χ3v) is 5.04. The lowest BCUT2D eigenvalue weighted by Crippen LogP contribution is -2.33. The number of methoxy groups -OCH3 is 2. The van der Waals surface area contributed by atoms with E-state index in [1.807, 2.05) is 29.6 Å². The molecule has 28 heavy (non-hydrogen) atoms. The molecule has 0 radical (unpaired) electrons. The van der Waals surface area contributed by atoms with Gasteiger partial charge in [-0.05, 0) is 34.7 Å². The Hall–Kier alpha value is -3.33. The van der Waals surface area contributed by atoms with Gasteiger partial charge in [-0.3, -0.25) is 19.4 Å². The standard InChI is InChI=1S/C19H20N4O4S/c1-22-18(24)9-17(21-19(22)25)23(2)20-10-14-7-13(11-28-14)12-5-6-15(26-3)16(8-12)27-4/h5-11H,1-4H3,(H,21,25)/b20-10+. The number of hydrazone groups is 1. The molecule has 0 saturated carbocycles. The average Bonchev–Trinajstić information content (AvgIpc) is 3.18. The summed E-state index contributed by atoms with van der Waals surface area (Å²) in [5.74, 6) is 1.66. The molecule has 0 spiro atoms. The molecule has 9 heteroatoms. The molecule has 0 saturated heterocycles. The largest absolute Gasteiger partial charge is 0.493 e. The van der Waals surface area contributed by atoms with Crippen LogP contribution in [0.1, 0.15) is 4.88 Å². The summed E-state index contributed by atoms with van der Waals surface area (Å²) in [5.41, 5.74) is 1.14. The molecule has 3 rings (SSSR count). The van der Waals surface area contributed by atoms with Crippen LogP contribution in [0.3, 0.4) is 0 Å². The fourth-order valence-corrected chi connectivity index (χ4v) is 3.28. The van der Waals surface area contributed by atoms with Crippen LogP contribution in [0, 0.1) is 0 Å². The van der Waals surface area contributed by atoms with Crippen molar-refractivity contribution in [1.82, 2.24) is 9.55 Å².